The van der Waals surface area contributed by atoms with Crippen molar-refractivity contribution in [2.45, 2.75) is 18.4 Å². The summed E-state index contributed by atoms with van der Waals surface area (Å²) in [5, 5.41) is 12.7. The van der Waals surface area contributed by atoms with E-state index in [1.807, 2.05) is 0 Å². The average molecular weight is 305 g/mol. The third kappa shape index (κ3) is 3.36. The van der Waals surface area contributed by atoms with Crippen molar-refractivity contribution >= 4 is 29.1 Å². The van der Waals surface area contributed by atoms with Gasteiger partial charge in [0.25, 0.3) is 5.91 Å². The van der Waals surface area contributed by atoms with Crippen LogP contribution in [0.25, 0.3) is 0 Å². The molecule has 2 heterocycles. The molecule has 0 atom stereocenters. The molecule has 0 unspecified atom stereocenters. The number of ether oxygens (including phenoxy) is 1. The van der Waals surface area contributed by atoms with E-state index in [0.29, 0.717) is 26.1 Å². The van der Waals surface area contributed by atoms with Gasteiger partial charge in [-0.2, -0.15) is 0 Å². The Morgan fingerprint density at radius 3 is 2.74 bits per heavy atom. The zero-order valence-corrected chi connectivity index (χ0v) is 11.7. The Labute approximate surface area is 120 Å². The van der Waals surface area contributed by atoms with Crippen molar-refractivity contribution in [1.82, 2.24) is 10.3 Å². The molecule has 1 saturated heterocycles. The number of aliphatic hydroxyl groups is 1. The molecule has 1 amide bonds. The minimum atomic E-state index is -0.678. The number of hydrogen-bond donors (Lipinski definition) is 2. The van der Waals surface area contributed by atoms with Crippen LogP contribution in [0.15, 0.2) is 12.1 Å². The molecule has 0 aromatic carbocycles. The zero-order valence-electron chi connectivity index (χ0n) is 10.2. The minimum Gasteiger partial charge on any atom is -0.394 e. The van der Waals surface area contributed by atoms with Crippen molar-refractivity contribution in [2.24, 2.45) is 0 Å². The van der Waals surface area contributed by atoms with Crippen LogP contribution in [0.1, 0.15) is 23.3 Å². The van der Waals surface area contributed by atoms with E-state index >= 15 is 0 Å². The van der Waals surface area contributed by atoms with E-state index in [1.165, 1.54) is 12.1 Å². The van der Waals surface area contributed by atoms with Gasteiger partial charge in [-0.25, -0.2) is 4.98 Å². The van der Waals surface area contributed by atoms with Gasteiger partial charge in [0.1, 0.15) is 10.8 Å². The van der Waals surface area contributed by atoms with Gasteiger partial charge in [-0.05, 0) is 25.0 Å². The Hall–Kier alpha value is -0.880. The third-order valence-corrected chi connectivity index (χ3v) is 3.67. The summed E-state index contributed by atoms with van der Waals surface area (Å²) in [7, 11) is 0. The Morgan fingerprint density at radius 2 is 2.11 bits per heavy atom. The number of nitrogens with zero attached hydrogens (tertiary/aromatic N) is 1. The lowest BCUT2D eigenvalue weighted by atomic mass is 9.91. The number of pyridine rings is 1. The fourth-order valence-electron chi connectivity index (χ4n) is 1.96. The lowest BCUT2D eigenvalue weighted by molar-refractivity contribution is 0.0124. The van der Waals surface area contributed by atoms with Crippen LogP contribution >= 0.6 is 23.2 Å². The molecule has 7 heteroatoms. The second-order valence-electron chi connectivity index (χ2n) is 4.47. The van der Waals surface area contributed by atoms with E-state index in [9.17, 15) is 9.90 Å². The van der Waals surface area contributed by atoms with Crippen LogP contribution < -0.4 is 5.32 Å². The Morgan fingerprint density at radius 1 is 1.42 bits per heavy atom. The van der Waals surface area contributed by atoms with Crippen molar-refractivity contribution in [3.8, 4) is 0 Å². The number of halogens is 2. The largest absolute Gasteiger partial charge is 0.394 e. The Kier molecular flexibility index (Phi) is 4.62. The van der Waals surface area contributed by atoms with Crippen LogP contribution in [0.2, 0.25) is 10.2 Å². The minimum absolute atomic E-state index is 0.0634. The number of carbonyl (C=O) groups is 1. The van der Waals surface area contributed by atoms with Crippen LogP contribution in [0, 0.1) is 0 Å². The summed E-state index contributed by atoms with van der Waals surface area (Å²) >= 11 is 11.7. The fourth-order valence-corrected chi connectivity index (χ4v) is 2.30. The first-order valence-electron chi connectivity index (χ1n) is 5.89. The first kappa shape index (κ1) is 14.5. The molecule has 0 aliphatic carbocycles. The highest BCUT2D eigenvalue weighted by Crippen LogP contribution is 2.22. The van der Waals surface area contributed by atoms with E-state index in [-0.39, 0.29) is 22.5 Å². The molecular formula is C12H14Cl2N2O3. The maximum Gasteiger partial charge on any atom is 0.272 e. The van der Waals surface area contributed by atoms with E-state index < -0.39 is 11.4 Å². The molecule has 1 aliphatic rings. The maximum absolute atomic E-state index is 12.2. The summed E-state index contributed by atoms with van der Waals surface area (Å²) in [5.41, 5.74) is -0.615. The molecule has 19 heavy (non-hydrogen) atoms. The Balaban J connectivity index is 2.17. The van der Waals surface area contributed by atoms with Crippen LogP contribution in [-0.4, -0.2) is 41.4 Å². The SMILES string of the molecule is O=C(NC1(CO)CCOCC1)c1nc(Cl)ccc1Cl. The van der Waals surface area contributed by atoms with Gasteiger partial charge >= 0.3 is 0 Å². The van der Waals surface area contributed by atoms with Crippen LogP contribution in [0.5, 0.6) is 0 Å². The first-order valence-corrected chi connectivity index (χ1v) is 6.65. The van der Waals surface area contributed by atoms with Gasteiger partial charge in [-0.15, -0.1) is 0 Å². The standard InChI is InChI=1S/C12H14Cl2N2O3/c13-8-1-2-9(14)15-10(8)11(18)16-12(7-17)3-5-19-6-4-12/h1-2,17H,3-7H2,(H,16,18). The van der Waals surface area contributed by atoms with Crippen LogP contribution in [0.3, 0.4) is 0 Å². The second-order valence-corrected chi connectivity index (χ2v) is 5.26. The highest BCUT2D eigenvalue weighted by atomic mass is 35.5. The summed E-state index contributed by atoms with van der Waals surface area (Å²) in [5.74, 6) is -0.441. The van der Waals surface area contributed by atoms with Gasteiger partial charge in [-0.1, -0.05) is 23.2 Å². The molecule has 1 aliphatic heterocycles. The molecule has 0 radical (unpaired) electrons. The number of aromatic nitrogens is 1. The summed E-state index contributed by atoms with van der Waals surface area (Å²) < 4.78 is 5.23. The fraction of sp³-hybridized carbons (Fsp3) is 0.500. The molecular weight excluding hydrogens is 291 g/mol. The zero-order chi connectivity index (χ0) is 13.9. The normalized spacial score (nSPS) is 18.1. The topological polar surface area (TPSA) is 71.5 Å². The van der Waals surface area contributed by atoms with Gasteiger partial charge in [0, 0.05) is 13.2 Å². The second kappa shape index (κ2) is 6.05. The predicted octanol–water partition coefficient (Wildman–Crippen LogP) is 1.66. The molecule has 0 bridgehead atoms. The predicted molar refractivity (Wildman–Crippen MR) is 71.6 cm³/mol. The number of hydrogen-bond acceptors (Lipinski definition) is 4. The Bertz CT molecular complexity index is 476. The highest BCUT2D eigenvalue weighted by molar-refractivity contribution is 6.34. The smallest absolute Gasteiger partial charge is 0.272 e. The number of amides is 1. The molecule has 0 spiro atoms. The molecule has 1 aromatic heterocycles. The summed E-state index contributed by atoms with van der Waals surface area (Å²) in [4.78, 5) is 16.1. The van der Waals surface area contributed by atoms with Crippen molar-refractivity contribution in [3.63, 3.8) is 0 Å². The third-order valence-electron chi connectivity index (χ3n) is 3.16. The molecule has 2 rings (SSSR count). The van der Waals surface area contributed by atoms with Crippen LogP contribution in [-0.2, 0) is 4.74 Å². The summed E-state index contributed by atoms with van der Waals surface area (Å²) in [6.45, 7) is 0.843. The van der Waals surface area contributed by atoms with Gasteiger partial charge in [0.15, 0.2) is 0 Å². The van der Waals surface area contributed by atoms with Gasteiger partial charge < -0.3 is 15.2 Å². The highest BCUT2D eigenvalue weighted by Gasteiger charge is 2.34. The summed E-state index contributed by atoms with van der Waals surface area (Å²) in [6, 6.07) is 3.03. The molecule has 0 saturated carbocycles. The van der Waals surface area contributed by atoms with Gasteiger partial charge in [0.05, 0.1) is 17.2 Å². The molecule has 1 fully saturated rings. The number of nitrogens with one attached hydrogen (secondary N) is 1. The van der Waals surface area contributed by atoms with E-state index in [2.05, 4.69) is 10.3 Å². The van der Waals surface area contributed by atoms with Crippen molar-refractivity contribution in [3.05, 3.63) is 28.0 Å². The molecule has 2 N–H and O–H groups in total. The van der Waals surface area contributed by atoms with E-state index in [0.717, 1.165) is 0 Å². The summed E-state index contributed by atoms with van der Waals surface area (Å²) in [6.07, 6.45) is 1.10. The maximum atomic E-state index is 12.2. The number of rotatable bonds is 3. The lowest BCUT2D eigenvalue weighted by Crippen LogP contribution is -2.54. The van der Waals surface area contributed by atoms with Crippen molar-refractivity contribution in [2.75, 3.05) is 19.8 Å². The molecule has 5 nitrogen and oxygen atoms in total. The molecule has 1 aromatic rings. The van der Waals surface area contributed by atoms with Crippen LogP contribution in [0.4, 0.5) is 0 Å². The average Bonchev–Trinajstić information content (AvgIpc) is 2.42. The van der Waals surface area contributed by atoms with Crippen molar-refractivity contribution < 1.29 is 14.6 Å². The first-order chi connectivity index (χ1) is 9.06. The number of carbonyl (C=O) groups excluding carboxylic acids is 1. The quantitative estimate of drug-likeness (QED) is 0.833. The molecule has 104 valence electrons. The lowest BCUT2D eigenvalue weighted by Gasteiger charge is -2.36. The van der Waals surface area contributed by atoms with E-state index in [1.54, 1.807) is 0 Å². The monoisotopic (exact) mass is 304 g/mol. The van der Waals surface area contributed by atoms with E-state index in [4.69, 9.17) is 27.9 Å². The number of aliphatic hydroxyl groups excluding tert-OH is 1. The van der Waals surface area contributed by atoms with Gasteiger partial charge in [-0.3, -0.25) is 4.79 Å². The van der Waals surface area contributed by atoms with Crippen molar-refractivity contribution in [1.29, 1.82) is 0 Å². The van der Waals surface area contributed by atoms with Gasteiger partial charge in [0.2, 0.25) is 0 Å².